The number of carbonyl (C=O) groups is 2. The van der Waals surface area contributed by atoms with Crippen LogP contribution in [0.15, 0.2) is 5.28 Å². The first-order valence-corrected chi connectivity index (χ1v) is 9.64. The second-order valence-electron chi connectivity index (χ2n) is 8.60. The van der Waals surface area contributed by atoms with E-state index in [1.807, 2.05) is 27.7 Å². The van der Waals surface area contributed by atoms with E-state index in [0.29, 0.717) is 19.3 Å². The fraction of sp³-hybridized carbons (Fsp3) is 0.882. The van der Waals surface area contributed by atoms with E-state index >= 15 is 0 Å². The Hall–Kier alpha value is -1.81. The van der Waals surface area contributed by atoms with Crippen LogP contribution < -0.4 is 5.73 Å². The van der Waals surface area contributed by atoms with Gasteiger partial charge in [-0.1, -0.05) is 6.42 Å². The molecule has 2 N–H and O–H groups in total. The lowest BCUT2D eigenvalue weighted by atomic mass is 9.79. The molecule has 11 heteroatoms. The number of hydrogen-bond acceptors (Lipinski definition) is 7. The molecule has 0 bridgehead atoms. The van der Waals surface area contributed by atoms with E-state index in [4.69, 9.17) is 20.6 Å². The van der Waals surface area contributed by atoms with Gasteiger partial charge in [0.1, 0.15) is 5.28 Å². The second kappa shape index (κ2) is 8.69. The Morgan fingerprint density at radius 2 is 1.93 bits per heavy atom. The van der Waals surface area contributed by atoms with Crippen molar-refractivity contribution in [1.29, 1.82) is 0 Å². The van der Waals surface area contributed by atoms with Crippen molar-refractivity contribution in [3.8, 4) is 0 Å². The van der Waals surface area contributed by atoms with Crippen LogP contribution in [0.4, 0.5) is 0 Å². The fourth-order valence-corrected chi connectivity index (χ4v) is 3.65. The number of nitrogens with two attached hydrogens (primary N) is 1. The van der Waals surface area contributed by atoms with E-state index in [2.05, 4.69) is 15.0 Å². The molecule has 2 aliphatic rings. The number of rotatable bonds is 7. The smallest absolute Gasteiger partial charge is 0.403 e. The number of amides is 1. The molecule has 2 heterocycles. The molecule has 0 saturated carbocycles. The molecular weight excluding hydrogens is 365 g/mol. The maximum absolute atomic E-state index is 12.2. The van der Waals surface area contributed by atoms with Gasteiger partial charge in [0, 0.05) is 18.0 Å². The van der Waals surface area contributed by atoms with Crippen LogP contribution in [0.5, 0.6) is 0 Å². The summed E-state index contributed by atoms with van der Waals surface area (Å²) >= 11 is 0. The van der Waals surface area contributed by atoms with Crippen molar-refractivity contribution in [2.24, 2.45) is 22.8 Å². The van der Waals surface area contributed by atoms with Gasteiger partial charge >= 0.3 is 13.1 Å². The van der Waals surface area contributed by atoms with E-state index < -0.39 is 17.9 Å². The number of azide groups is 1. The minimum atomic E-state index is -0.641. The van der Waals surface area contributed by atoms with Gasteiger partial charge in [-0.05, 0) is 58.8 Å². The van der Waals surface area contributed by atoms with E-state index in [0.717, 1.165) is 6.42 Å². The third kappa shape index (κ3) is 4.97. The topological polar surface area (TPSA) is 140 Å². The Bertz CT molecular complexity index is 634. The third-order valence-corrected chi connectivity index (χ3v) is 5.93. The van der Waals surface area contributed by atoms with Crippen LogP contribution in [0.3, 0.4) is 0 Å². The summed E-state index contributed by atoms with van der Waals surface area (Å²) in [5.74, 6) is -1.49. The highest BCUT2D eigenvalue weighted by atomic mass is 16.7. The summed E-state index contributed by atoms with van der Waals surface area (Å²) in [6, 6.07) is -0.641. The average Bonchev–Trinajstić information content (AvgIpc) is 3.10. The summed E-state index contributed by atoms with van der Waals surface area (Å²) in [7, 11) is -0.304. The molecule has 2 aliphatic heterocycles. The van der Waals surface area contributed by atoms with Gasteiger partial charge < -0.3 is 24.8 Å². The van der Waals surface area contributed by atoms with E-state index in [1.54, 1.807) is 11.8 Å². The Morgan fingerprint density at radius 1 is 1.32 bits per heavy atom. The van der Waals surface area contributed by atoms with Gasteiger partial charge in [0.15, 0.2) is 0 Å². The first kappa shape index (κ1) is 22.5. The molecule has 3 atom stereocenters. The predicted molar refractivity (Wildman–Crippen MR) is 103 cm³/mol. The van der Waals surface area contributed by atoms with E-state index in [1.165, 1.54) is 0 Å². The van der Waals surface area contributed by atoms with Gasteiger partial charge in [-0.2, -0.15) is 0 Å². The molecule has 0 radical (unpaired) electrons. The van der Waals surface area contributed by atoms with Gasteiger partial charge in [-0.15, -0.1) is 0 Å². The van der Waals surface area contributed by atoms with Gasteiger partial charge in [0.05, 0.1) is 23.2 Å². The van der Waals surface area contributed by atoms with Gasteiger partial charge in [0.25, 0.3) is 0 Å². The molecule has 2 fully saturated rings. The predicted octanol–water partition coefficient (Wildman–Crippen LogP) is 2.05. The van der Waals surface area contributed by atoms with Crippen molar-refractivity contribution >= 4 is 19.0 Å². The number of likely N-dealkylation sites (tertiary alicyclic amines) is 1. The van der Waals surface area contributed by atoms with Crippen molar-refractivity contribution in [2.45, 2.75) is 71.0 Å². The monoisotopic (exact) mass is 395 g/mol. The van der Waals surface area contributed by atoms with Crippen LogP contribution in [0.1, 0.15) is 47.5 Å². The van der Waals surface area contributed by atoms with Gasteiger partial charge in [-0.25, -0.2) is 0 Å². The molecule has 0 spiro atoms. The lowest BCUT2D eigenvalue weighted by Gasteiger charge is -2.32. The van der Waals surface area contributed by atoms with Crippen molar-refractivity contribution in [3.05, 3.63) is 10.4 Å². The number of carbonyl (C=O) groups excluding carboxylic acids is 2. The maximum Gasteiger partial charge on any atom is 0.457 e. The quantitative estimate of drug-likeness (QED) is 0.230. The Balaban J connectivity index is 1.95. The summed E-state index contributed by atoms with van der Waals surface area (Å²) in [5.41, 5.74) is 13.3. The molecule has 1 unspecified atom stereocenters. The number of nitrogens with zero attached hydrogens (tertiary/aromatic N) is 4. The standard InChI is InChI=1S/C17H30BN5O5/c1-11(19)14(24)23-9-12(13(10-23)15(25)26-22-21-20)7-6-8-18-27-16(2,3)17(4,5)28-18/h11-13H,6-10,19H2,1-5H3/t11?,12-,13+/m1/s1. The molecule has 0 aromatic heterocycles. The van der Waals surface area contributed by atoms with E-state index in [9.17, 15) is 9.59 Å². The summed E-state index contributed by atoms with van der Waals surface area (Å²) in [6.07, 6.45) is 2.12. The van der Waals surface area contributed by atoms with Crippen molar-refractivity contribution in [2.75, 3.05) is 13.1 Å². The van der Waals surface area contributed by atoms with Crippen molar-refractivity contribution < 1.29 is 23.7 Å². The van der Waals surface area contributed by atoms with Crippen LogP contribution in [0, 0.1) is 11.8 Å². The first-order chi connectivity index (χ1) is 13.0. The lowest BCUT2D eigenvalue weighted by molar-refractivity contribution is -0.149. The zero-order chi connectivity index (χ0) is 21.1. The van der Waals surface area contributed by atoms with E-state index in [-0.39, 0.29) is 36.7 Å². The maximum atomic E-state index is 12.2. The van der Waals surface area contributed by atoms with Crippen LogP contribution >= 0.6 is 0 Å². The lowest BCUT2D eigenvalue weighted by Crippen LogP contribution is -2.41. The second-order valence-corrected chi connectivity index (χ2v) is 8.60. The van der Waals surface area contributed by atoms with Gasteiger partial charge in [0.2, 0.25) is 5.91 Å². The summed E-state index contributed by atoms with van der Waals surface area (Å²) < 4.78 is 12.0. The fourth-order valence-electron chi connectivity index (χ4n) is 3.65. The minimum absolute atomic E-state index is 0.105. The van der Waals surface area contributed by atoms with Crippen LogP contribution in [-0.2, 0) is 23.7 Å². The van der Waals surface area contributed by atoms with Crippen LogP contribution in [0.25, 0.3) is 10.4 Å². The molecule has 0 aliphatic carbocycles. The molecule has 10 nitrogen and oxygen atoms in total. The molecule has 0 aromatic rings. The minimum Gasteiger partial charge on any atom is -0.403 e. The molecule has 2 saturated heterocycles. The summed E-state index contributed by atoms with van der Waals surface area (Å²) in [6.45, 7) is 10.3. The SMILES string of the molecule is CC(N)C(=O)N1C[C@@H](CCCB2OC(C)(C)C(C)(C)O2)[C@@H](C(=O)ON=[N+]=[N-])C1. The Labute approximate surface area is 165 Å². The van der Waals surface area contributed by atoms with Crippen molar-refractivity contribution in [3.63, 3.8) is 0 Å². The molecule has 0 aromatic carbocycles. The highest BCUT2D eigenvalue weighted by Gasteiger charge is 2.50. The first-order valence-electron chi connectivity index (χ1n) is 9.64. The number of hydrogen-bond donors (Lipinski definition) is 1. The highest BCUT2D eigenvalue weighted by Crippen LogP contribution is 2.38. The average molecular weight is 395 g/mol. The summed E-state index contributed by atoms with van der Waals surface area (Å²) in [5, 5.41) is 2.89. The van der Waals surface area contributed by atoms with Crippen LogP contribution in [0.2, 0.25) is 6.32 Å². The van der Waals surface area contributed by atoms with Crippen molar-refractivity contribution in [1.82, 2.24) is 4.90 Å². The molecule has 28 heavy (non-hydrogen) atoms. The zero-order valence-electron chi connectivity index (χ0n) is 17.3. The molecule has 2 rings (SSSR count). The molecule has 1 amide bonds. The molecule has 156 valence electrons. The Kier molecular flexibility index (Phi) is 6.98. The Morgan fingerprint density at radius 3 is 2.46 bits per heavy atom. The normalized spacial score (nSPS) is 26.6. The van der Waals surface area contributed by atoms with Gasteiger partial charge in [-0.3, -0.25) is 9.59 Å². The highest BCUT2D eigenvalue weighted by molar-refractivity contribution is 6.45. The molecular formula is C17H30BN5O5. The zero-order valence-corrected chi connectivity index (χ0v) is 17.3. The van der Waals surface area contributed by atoms with Crippen LogP contribution in [-0.4, -0.2) is 54.2 Å². The third-order valence-electron chi connectivity index (χ3n) is 5.93. The summed E-state index contributed by atoms with van der Waals surface area (Å²) in [4.78, 5) is 33.1. The largest absolute Gasteiger partial charge is 0.457 e.